The van der Waals surface area contributed by atoms with Gasteiger partial charge < -0.3 is 13.9 Å². The Balaban J connectivity index is 2.34. The molecule has 0 N–H and O–H groups in total. The fourth-order valence-electron chi connectivity index (χ4n) is 2.28. The van der Waals surface area contributed by atoms with Gasteiger partial charge in [-0.1, -0.05) is 20.8 Å². The van der Waals surface area contributed by atoms with E-state index in [-0.39, 0.29) is 23.2 Å². The molecule has 1 heterocycles. The molecule has 1 rings (SSSR count). The predicted molar refractivity (Wildman–Crippen MR) is 86.9 cm³/mol. The Labute approximate surface area is 130 Å². The Hall–Kier alpha value is -0.393. The van der Waals surface area contributed by atoms with E-state index in [0.29, 0.717) is 6.42 Å². The number of hydrogen-bond donors (Lipinski definition) is 0. The molecule has 1 aliphatic heterocycles. The van der Waals surface area contributed by atoms with Gasteiger partial charge in [0.15, 0.2) is 8.32 Å². The summed E-state index contributed by atoms with van der Waals surface area (Å²) < 4.78 is 16.9. The molecule has 1 fully saturated rings. The maximum Gasteiger partial charge on any atom is 0.308 e. The van der Waals surface area contributed by atoms with Gasteiger partial charge >= 0.3 is 5.97 Å². The van der Waals surface area contributed by atoms with E-state index in [2.05, 4.69) is 33.9 Å². The van der Waals surface area contributed by atoms with Gasteiger partial charge in [0.25, 0.3) is 0 Å². The zero-order chi connectivity index (χ0) is 16.1. The van der Waals surface area contributed by atoms with Crippen LogP contribution < -0.4 is 0 Å². The molecule has 1 aliphatic rings. The molecule has 0 amide bonds. The molecule has 0 spiro atoms. The summed E-state index contributed by atoms with van der Waals surface area (Å²) in [7, 11) is -0.242. The monoisotopic (exact) mass is 316 g/mol. The zero-order valence-corrected chi connectivity index (χ0v) is 15.5. The fraction of sp³-hybridized carbons (Fsp3) is 0.938. The Kier molecular flexibility index (Phi) is 6.88. The van der Waals surface area contributed by atoms with Crippen LogP contribution in [0, 0.1) is 0 Å². The maximum absolute atomic E-state index is 11.3. The number of ether oxygens (including phenoxy) is 2. The second kappa shape index (κ2) is 7.74. The normalized spacial score (nSPS) is 23.9. The molecule has 4 nitrogen and oxygen atoms in total. The van der Waals surface area contributed by atoms with Crippen LogP contribution in [0.4, 0.5) is 0 Å². The minimum absolute atomic E-state index is 0.0177. The van der Waals surface area contributed by atoms with Crippen molar-refractivity contribution in [2.45, 2.75) is 83.2 Å². The van der Waals surface area contributed by atoms with E-state index in [1.54, 1.807) is 0 Å². The lowest BCUT2D eigenvalue weighted by Gasteiger charge is -2.37. The summed E-state index contributed by atoms with van der Waals surface area (Å²) in [4.78, 5) is 11.3. The lowest BCUT2D eigenvalue weighted by Crippen LogP contribution is -2.41. The third-order valence-electron chi connectivity index (χ3n) is 4.77. The number of hydrogen-bond acceptors (Lipinski definition) is 4. The van der Waals surface area contributed by atoms with Crippen molar-refractivity contribution >= 4 is 14.3 Å². The van der Waals surface area contributed by atoms with Gasteiger partial charge in [-0.25, -0.2) is 0 Å². The van der Waals surface area contributed by atoms with Gasteiger partial charge in [-0.3, -0.25) is 4.79 Å². The van der Waals surface area contributed by atoms with Crippen LogP contribution in [0.15, 0.2) is 0 Å². The molecule has 2 atom stereocenters. The van der Waals surface area contributed by atoms with Crippen LogP contribution in [-0.2, 0) is 18.7 Å². The Bertz CT molecular complexity index is 336. The number of rotatable bonds is 6. The van der Waals surface area contributed by atoms with E-state index in [9.17, 15) is 4.79 Å². The van der Waals surface area contributed by atoms with Crippen molar-refractivity contribution in [2.75, 3.05) is 13.7 Å². The highest BCUT2D eigenvalue weighted by atomic mass is 28.4. The fourth-order valence-corrected chi connectivity index (χ4v) is 3.34. The molecule has 124 valence electrons. The Morgan fingerprint density at radius 2 is 1.86 bits per heavy atom. The molecular weight excluding hydrogens is 284 g/mol. The van der Waals surface area contributed by atoms with Crippen molar-refractivity contribution in [1.29, 1.82) is 0 Å². The van der Waals surface area contributed by atoms with E-state index in [1.807, 2.05) is 0 Å². The standard InChI is InChI=1S/C16H32O4Si/c1-16(2,3)21(5,6)19-11-10-13-8-7-9-14(20-13)12-15(17)18-4/h13-14H,7-12H2,1-6H3/t13-,14-/m1/s1. The molecule has 0 unspecified atom stereocenters. The van der Waals surface area contributed by atoms with Crippen molar-refractivity contribution in [3.8, 4) is 0 Å². The Morgan fingerprint density at radius 3 is 2.43 bits per heavy atom. The van der Waals surface area contributed by atoms with E-state index in [4.69, 9.17) is 13.9 Å². The number of carbonyl (C=O) groups excluding carboxylic acids is 1. The van der Waals surface area contributed by atoms with Crippen LogP contribution in [0.5, 0.6) is 0 Å². The van der Waals surface area contributed by atoms with Crippen molar-refractivity contribution < 1.29 is 18.7 Å². The van der Waals surface area contributed by atoms with Crippen molar-refractivity contribution in [1.82, 2.24) is 0 Å². The van der Waals surface area contributed by atoms with Crippen LogP contribution in [0.2, 0.25) is 18.1 Å². The Morgan fingerprint density at radius 1 is 1.24 bits per heavy atom. The van der Waals surface area contributed by atoms with Gasteiger partial charge in [0.2, 0.25) is 0 Å². The smallest absolute Gasteiger partial charge is 0.308 e. The maximum atomic E-state index is 11.3. The number of methoxy groups -OCH3 is 1. The summed E-state index contributed by atoms with van der Waals surface area (Å²) in [5.74, 6) is -0.182. The molecule has 0 radical (unpaired) electrons. The SMILES string of the molecule is COC(=O)C[C@H]1CCC[C@H](CCO[Si](C)(C)C(C)(C)C)O1. The van der Waals surface area contributed by atoms with E-state index < -0.39 is 8.32 Å². The molecule has 1 saturated heterocycles. The molecule has 0 aliphatic carbocycles. The van der Waals surface area contributed by atoms with Gasteiger partial charge in [-0.2, -0.15) is 0 Å². The minimum atomic E-state index is -1.67. The van der Waals surface area contributed by atoms with Gasteiger partial charge in [-0.05, 0) is 43.8 Å². The zero-order valence-electron chi connectivity index (χ0n) is 14.5. The van der Waals surface area contributed by atoms with Crippen LogP contribution in [0.3, 0.4) is 0 Å². The van der Waals surface area contributed by atoms with Crippen LogP contribution in [0.1, 0.15) is 52.9 Å². The first-order valence-corrected chi connectivity index (χ1v) is 10.9. The van der Waals surface area contributed by atoms with Crippen molar-refractivity contribution in [3.63, 3.8) is 0 Å². The first-order valence-electron chi connectivity index (χ1n) is 8.02. The van der Waals surface area contributed by atoms with E-state index in [0.717, 1.165) is 32.3 Å². The molecule has 21 heavy (non-hydrogen) atoms. The lowest BCUT2D eigenvalue weighted by molar-refractivity contribution is -0.147. The van der Waals surface area contributed by atoms with E-state index >= 15 is 0 Å². The van der Waals surface area contributed by atoms with Crippen molar-refractivity contribution in [2.24, 2.45) is 0 Å². The highest BCUT2D eigenvalue weighted by molar-refractivity contribution is 6.74. The quantitative estimate of drug-likeness (QED) is 0.551. The van der Waals surface area contributed by atoms with Gasteiger partial charge in [0, 0.05) is 6.61 Å². The molecular formula is C16H32O4Si. The summed E-state index contributed by atoms with van der Waals surface area (Å²) >= 11 is 0. The summed E-state index contributed by atoms with van der Waals surface area (Å²) in [6.45, 7) is 12.1. The van der Waals surface area contributed by atoms with Crippen LogP contribution in [-0.4, -0.2) is 40.2 Å². The summed E-state index contributed by atoms with van der Waals surface area (Å²) in [6.07, 6.45) is 4.67. The first-order chi connectivity index (χ1) is 9.65. The largest absolute Gasteiger partial charge is 0.469 e. The van der Waals surface area contributed by atoms with Gasteiger partial charge in [-0.15, -0.1) is 0 Å². The predicted octanol–water partition coefficient (Wildman–Crippen LogP) is 3.90. The summed E-state index contributed by atoms with van der Waals surface area (Å²) in [5.41, 5.74) is 0. The van der Waals surface area contributed by atoms with Crippen molar-refractivity contribution in [3.05, 3.63) is 0 Å². The van der Waals surface area contributed by atoms with Crippen LogP contribution >= 0.6 is 0 Å². The lowest BCUT2D eigenvalue weighted by atomic mass is 10.0. The van der Waals surface area contributed by atoms with Gasteiger partial charge in [0.1, 0.15) is 0 Å². The average molecular weight is 317 g/mol. The number of carbonyl (C=O) groups is 1. The third-order valence-corrected chi connectivity index (χ3v) is 9.31. The molecule has 0 aromatic heterocycles. The second-order valence-corrected chi connectivity index (χ2v) is 12.3. The van der Waals surface area contributed by atoms with Gasteiger partial charge in [0.05, 0.1) is 25.7 Å². The topological polar surface area (TPSA) is 44.8 Å². The summed E-state index contributed by atoms with van der Waals surface area (Å²) in [6, 6.07) is 0. The minimum Gasteiger partial charge on any atom is -0.469 e. The molecule has 0 bridgehead atoms. The second-order valence-electron chi connectivity index (χ2n) is 7.49. The first kappa shape index (κ1) is 18.7. The molecule has 5 heteroatoms. The highest BCUT2D eigenvalue weighted by Crippen LogP contribution is 2.36. The molecule has 0 saturated carbocycles. The third kappa shape index (κ3) is 6.08. The molecule has 0 aromatic rings. The molecule has 0 aromatic carbocycles. The average Bonchev–Trinajstić information content (AvgIpc) is 2.37. The summed E-state index contributed by atoms with van der Waals surface area (Å²) in [5, 5.41) is 0.244. The number of esters is 1. The van der Waals surface area contributed by atoms with Crippen LogP contribution in [0.25, 0.3) is 0 Å². The highest BCUT2D eigenvalue weighted by Gasteiger charge is 2.37. The van der Waals surface area contributed by atoms with E-state index in [1.165, 1.54) is 7.11 Å².